The van der Waals surface area contributed by atoms with Gasteiger partial charge in [0.2, 0.25) is 5.91 Å². The lowest BCUT2D eigenvalue weighted by atomic mass is 9.73. The van der Waals surface area contributed by atoms with Crippen LogP contribution in [0.3, 0.4) is 0 Å². The first-order valence-electron chi connectivity index (χ1n) is 9.79. The number of aromatic nitrogens is 1. The molecule has 3 aromatic rings. The van der Waals surface area contributed by atoms with E-state index in [0.717, 1.165) is 27.4 Å². The van der Waals surface area contributed by atoms with Crippen LogP contribution in [0.25, 0.3) is 11.3 Å². The van der Waals surface area contributed by atoms with Crippen molar-refractivity contribution in [2.24, 2.45) is 0 Å². The molecule has 0 bridgehead atoms. The van der Waals surface area contributed by atoms with E-state index in [1.54, 1.807) is 7.11 Å². The Kier molecular flexibility index (Phi) is 6.09. The Hall–Kier alpha value is -2.41. The van der Waals surface area contributed by atoms with E-state index in [2.05, 4.69) is 5.32 Å². The second-order valence-corrected chi connectivity index (χ2v) is 8.95. The maximum atomic E-state index is 13.5. The zero-order chi connectivity index (χ0) is 21.1. The van der Waals surface area contributed by atoms with E-state index >= 15 is 0 Å². The number of carbonyl (C=O) groups excluding carboxylic acids is 1. The van der Waals surface area contributed by atoms with Crippen molar-refractivity contribution >= 4 is 34.0 Å². The molecule has 1 N–H and O–H groups in total. The molecule has 1 amide bonds. The normalized spacial score (nSPS) is 15.6. The Balaban J connectivity index is 1.60. The molecule has 5 nitrogen and oxygen atoms in total. The molecule has 2 aromatic carbocycles. The largest absolute Gasteiger partial charge is 0.497 e. The van der Waals surface area contributed by atoms with Crippen LogP contribution in [0, 0.1) is 6.92 Å². The van der Waals surface area contributed by atoms with Gasteiger partial charge in [0.15, 0.2) is 5.13 Å². The third-order valence-corrected chi connectivity index (χ3v) is 6.70. The molecule has 0 saturated carbocycles. The first-order valence-corrected chi connectivity index (χ1v) is 11.0. The highest BCUT2D eigenvalue weighted by Crippen LogP contribution is 2.38. The van der Waals surface area contributed by atoms with Crippen LogP contribution in [0.2, 0.25) is 5.02 Å². The van der Waals surface area contributed by atoms with Crippen LogP contribution in [0.15, 0.2) is 48.5 Å². The SMILES string of the molecule is COc1ccc(-c2nc(NC(=O)C3(c4ccc(Cl)cc4)CCOCC3)sc2C)cc1. The van der Waals surface area contributed by atoms with E-state index in [1.807, 2.05) is 55.5 Å². The van der Waals surface area contributed by atoms with Crippen LogP contribution < -0.4 is 10.1 Å². The lowest BCUT2D eigenvalue weighted by Gasteiger charge is -2.36. The van der Waals surface area contributed by atoms with Crippen molar-refractivity contribution in [2.75, 3.05) is 25.6 Å². The van der Waals surface area contributed by atoms with E-state index in [0.29, 0.717) is 36.2 Å². The Morgan fingerprint density at radius 2 is 1.80 bits per heavy atom. The number of hydrogen-bond acceptors (Lipinski definition) is 5. The second-order valence-electron chi connectivity index (χ2n) is 7.31. The van der Waals surface area contributed by atoms with Gasteiger partial charge in [-0.2, -0.15) is 0 Å². The summed E-state index contributed by atoms with van der Waals surface area (Å²) in [5.74, 6) is 0.743. The number of aryl methyl sites for hydroxylation is 1. The Bertz CT molecular complexity index is 1030. The molecule has 30 heavy (non-hydrogen) atoms. The fourth-order valence-corrected chi connectivity index (χ4v) is 4.78. The quantitative estimate of drug-likeness (QED) is 0.569. The number of nitrogens with zero attached hydrogens (tertiary/aromatic N) is 1. The van der Waals surface area contributed by atoms with Crippen molar-refractivity contribution < 1.29 is 14.3 Å². The fraction of sp³-hybridized carbons (Fsp3) is 0.304. The van der Waals surface area contributed by atoms with Crippen molar-refractivity contribution in [3.63, 3.8) is 0 Å². The minimum absolute atomic E-state index is 0.0526. The molecule has 1 saturated heterocycles. The van der Waals surface area contributed by atoms with Crippen molar-refractivity contribution in [3.05, 3.63) is 64.0 Å². The lowest BCUT2D eigenvalue weighted by Crippen LogP contribution is -2.44. The molecule has 156 valence electrons. The molecule has 0 unspecified atom stereocenters. The highest BCUT2D eigenvalue weighted by molar-refractivity contribution is 7.16. The molecule has 2 heterocycles. The lowest BCUT2D eigenvalue weighted by molar-refractivity contribution is -0.125. The van der Waals surface area contributed by atoms with Gasteiger partial charge in [-0.25, -0.2) is 4.98 Å². The van der Waals surface area contributed by atoms with E-state index < -0.39 is 5.41 Å². The molecular weight excluding hydrogens is 420 g/mol. The standard InChI is InChI=1S/C23H23ClN2O3S/c1-15-20(16-3-9-19(28-2)10-4-16)25-22(30-15)26-21(27)23(11-13-29-14-12-23)17-5-7-18(24)8-6-17/h3-10H,11-14H2,1-2H3,(H,25,26,27). The number of methoxy groups -OCH3 is 1. The molecule has 0 radical (unpaired) electrons. The van der Waals surface area contributed by atoms with Crippen LogP contribution in [-0.2, 0) is 14.9 Å². The van der Waals surface area contributed by atoms with Gasteiger partial charge in [0.1, 0.15) is 5.75 Å². The van der Waals surface area contributed by atoms with E-state index in [9.17, 15) is 4.79 Å². The van der Waals surface area contributed by atoms with Gasteiger partial charge in [-0.05, 0) is 61.7 Å². The van der Waals surface area contributed by atoms with Crippen molar-refractivity contribution in [1.82, 2.24) is 4.98 Å². The minimum atomic E-state index is -0.650. The summed E-state index contributed by atoms with van der Waals surface area (Å²) in [4.78, 5) is 19.2. The van der Waals surface area contributed by atoms with Gasteiger partial charge in [0, 0.05) is 28.7 Å². The number of amides is 1. The zero-order valence-electron chi connectivity index (χ0n) is 16.9. The Morgan fingerprint density at radius 1 is 1.13 bits per heavy atom. The average molecular weight is 443 g/mol. The molecular formula is C23H23ClN2O3S. The maximum absolute atomic E-state index is 13.5. The van der Waals surface area contributed by atoms with Gasteiger partial charge in [0.25, 0.3) is 0 Å². The van der Waals surface area contributed by atoms with Gasteiger partial charge in [-0.15, -0.1) is 11.3 Å². The van der Waals surface area contributed by atoms with Gasteiger partial charge >= 0.3 is 0 Å². The van der Waals surface area contributed by atoms with E-state index in [-0.39, 0.29) is 5.91 Å². The minimum Gasteiger partial charge on any atom is -0.497 e. The first-order chi connectivity index (χ1) is 14.5. The average Bonchev–Trinajstić information content (AvgIpc) is 3.14. The van der Waals surface area contributed by atoms with E-state index in [4.69, 9.17) is 26.1 Å². The molecule has 0 aliphatic carbocycles. The van der Waals surface area contributed by atoms with Gasteiger partial charge < -0.3 is 14.8 Å². The topological polar surface area (TPSA) is 60.5 Å². The number of rotatable bonds is 5. The molecule has 1 aliphatic rings. The van der Waals surface area contributed by atoms with Crippen LogP contribution in [0.1, 0.15) is 23.3 Å². The summed E-state index contributed by atoms with van der Waals surface area (Å²) in [5, 5.41) is 4.33. The summed E-state index contributed by atoms with van der Waals surface area (Å²) in [6.07, 6.45) is 1.24. The molecule has 1 aromatic heterocycles. The number of ether oxygens (including phenoxy) is 2. The number of nitrogens with one attached hydrogen (secondary N) is 1. The number of anilines is 1. The smallest absolute Gasteiger partial charge is 0.236 e. The second kappa shape index (κ2) is 8.76. The number of hydrogen-bond donors (Lipinski definition) is 1. The van der Waals surface area contributed by atoms with E-state index in [1.165, 1.54) is 11.3 Å². The summed E-state index contributed by atoms with van der Waals surface area (Å²) >= 11 is 7.54. The summed E-state index contributed by atoms with van der Waals surface area (Å²) in [6.45, 7) is 3.10. The molecule has 7 heteroatoms. The Morgan fingerprint density at radius 3 is 2.43 bits per heavy atom. The van der Waals surface area contributed by atoms with Gasteiger partial charge in [0.05, 0.1) is 18.2 Å². The summed E-state index contributed by atoms with van der Waals surface area (Å²) < 4.78 is 10.8. The number of carbonyl (C=O) groups is 1. The third kappa shape index (κ3) is 4.08. The monoisotopic (exact) mass is 442 g/mol. The van der Waals surface area contributed by atoms with Crippen molar-refractivity contribution in [1.29, 1.82) is 0 Å². The zero-order valence-corrected chi connectivity index (χ0v) is 18.5. The first kappa shape index (κ1) is 20.8. The fourth-order valence-electron chi connectivity index (χ4n) is 3.82. The van der Waals surface area contributed by atoms with Gasteiger partial charge in [-0.3, -0.25) is 4.79 Å². The van der Waals surface area contributed by atoms with Crippen LogP contribution in [0.5, 0.6) is 5.75 Å². The molecule has 0 atom stereocenters. The Labute approximate surface area is 185 Å². The third-order valence-electron chi connectivity index (χ3n) is 5.56. The van der Waals surface area contributed by atoms with Crippen molar-refractivity contribution in [3.8, 4) is 17.0 Å². The molecule has 0 spiro atoms. The van der Waals surface area contributed by atoms with Crippen molar-refractivity contribution in [2.45, 2.75) is 25.2 Å². The summed E-state index contributed by atoms with van der Waals surface area (Å²) in [6, 6.07) is 15.3. The predicted octanol–water partition coefficient (Wildman–Crippen LogP) is 5.47. The molecule has 1 aliphatic heterocycles. The molecule has 1 fully saturated rings. The highest BCUT2D eigenvalue weighted by Gasteiger charge is 2.42. The summed E-state index contributed by atoms with van der Waals surface area (Å²) in [5.41, 5.74) is 2.16. The molecule has 4 rings (SSSR count). The summed E-state index contributed by atoms with van der Waals surface area (Å²) in [7, 11) is 1.64. The predicted molar refractivity (Wildman–Crippen MR) is 121 cm³/mol. The van der Waals surface area contributed by atoms with Crippen LogP contribution >= 0.6 is 22.9 Å². The van der Waals surface area contributed by atoms with Crippen LogP contribution in [0.4, 0.5) is 5.13 Å². The van der Waals surface area contributed by atoms with Gasteiger partial charge in [-0.1, -0.05) is 23.7 Å². The highest BCUT2D eigenvalue weighted by atomic mass is 35.5. The van der Waals surface area contributed by atoms with Crippen LogP contribution in [-0.4, -0.2) is 31.2 Å². The maximum Gasteiger partial charge on any atom is 0.236 e. The number of thiazole rings is 1. The number of benzene rings is 2. The number of halogens is 1.